The summed E-state index contributed by atoms with van der Waals surface area (Å²) >= 11 is 3.74. The van der Waals surface area contributed by atoms with Gasteiger partial charge in [0.2, 0.25) is 5.44 Å². The molecule has 9 heteroatoms. The summed E-state index contributed by atoms with van der Waals surface area (Å²) in [7, 11) is -7.24. The minimum absolute atomic E-state index is 0.905. The molecule has 0 N–H and O–H groups in total. The van der Waals surface area contributed by atoms with Gasteiger partial charge in [-0.25, -0.2) is 18.6 Å². The molecule has 6 rings (SSSR count). The zero-order chi connectivity index (χ0) is 31.0. The molecule has 0 aliphatic heterocycles. The van der Waals surface area contributed by atoms with Crippen LogP contribution in [-0.4, -0.2) is 4.98 Å². The molecule has 222 valence electrons. The second kappa shape index (κ2) is 14.6. The first-order valence-electron chi connectivity index (χ1n) is 13.7. The van der Waals surface area contributed by atoms with Crippen LogP contribution in [0.25, 0.3) is 10.6 Å². The van der Waals surface area contributed by atoms with E-state index in [0.29, 0.717) is 0 Å². The molecule has 0 saturated carbocycles. The summed E-state index contributed by atoms with van der Waals surface area (Å²) in [6, 6.07) is 52.6. The highest BCUT2D eigenvalue weighted by Gasteiger charge is 2.52. The van der Waals surface area contributed by atoms with Crippen molar-refractivity contribution in [3.63, 3.8) is 0 Å². The Bertz CT molecular complexity index is 1650. The predicted octanol–water partition coefficient (Wildman–Crippen LogP) is 3.27. The van der Waals surface area contributed by atoms with Gasteiger partial charge in [-0.05, 0) is 48.9 Å². The van der Waals surface area contributed by atoms with Crippen LogP contribution in [0.4, 0.5) is 0 Å². The van der Waals surface area contributed by atoms with Gasteiger partial charge in [0.25, 0.3) is 0 Å². The molecule has 0 radical (unpaired) electrons. The number of thiazole rings is 1. The SMILES string of the molecule is Cc1ccc(-c2nc([P+](c3ccccc3)(c3ccccc3)c3ccccc3)c(SCc3ccccc3)s2)cc1.[O-][Cl+3]([O-])([O-])[O-]. The van der Waals surface area contributed by atoms with Gasteiger partial charge in [-0.15, -0.1) is 33.3 Å². The number of aromatic nitrogens is 1. The van der Waals surface area contributed by atoms with Gasteiger partial charge in [-0.1, -0.05) is 115 Å². The number of hydrogen-bond donors (Lipinski definition) is 0. The fourth-order valence-electron chi connectivity index (χ4n) is 4.92. The van der Waals surface area contributed by atoms with Crippen molar-refractivity contribution in [3.8, 4) is 10.6 Å². The van der Waals surface area contributed by atoms with Crippen LogP contribution in [0.2, 0.25) is 0 Å². The van der Waals surface area contributed by atoms with Crippen LogP contribution < -0.4 is 40.0 Å². The second-order valence-corrected chi connectivity index (χ2v) is 16.1. The molecule has 0 amide bonds. The third-order valence-electron chi connectivity index (χ3n) is 6.84. The van der Waals surface area contributed by atoms with Gasteiger partial charge in [0.15, 0.2) is 7.26 Å². The van der Waals surface area contributed by atoms with E-state index in [1.165, 1.54) is 42.2 Å². The zero-order valence-corrected chi connectivity index (χ0v) is 27.1. The third kappa shape index (κ3) is 7.83. The van der Waals surface area contributed by atoms with Crippen LogP contribution in [0.15, 0.2) is 150 Å². The van der Waals surface area contributed by atoms with Gasteiger partial charge >= 0.3 is 0 Å². The highest BCUT2D eigenvalue weighted by molar-refractivity contribution is 8.05. The Hall–Kier alpha value is -3.36. The quantitative estimate of drug-likeness (QED) is 0.184. The molecule has 5 nitrogen and oxygen atoms in total. The molecule has 44 heavy (non-hydrogen) atoms. The maximum atomic E-state index is 8.49. The van der Waals surface area contributed by atoms with E-state index < -0.39 is 17.5 Å². The van der Waals surface area contributed by atoms with Crippen LogP contribution in [0, 0.1) is 17.2 Å². The standard InChI is InChI=1S/C35H29NPS2.ClHO4/c1-27-22-24-29(25-23-27)34-36-33(35(39-34)38-26-28-14-6-2-7-15-28)37(30-16-8-3-9-17-30,31-18-10-4-11-19-31)32-20-12-5-13-21-32;2-1(3,4)5/h2-25H,26H2,1H3;(H,2,3,4,5)/q+1;/p-1. The van der Waals surface area contributed by atoms with Gasteiger partial charge in [-0.3, -0.25) is 0 Å². The average Bonchev–Trinajstić information content (AvgIpc) is 3.46. The number of hydrogen-bond acceptors (Lipinski definition) is 7. The topological polar surface area (TPSA) is 105 Å². The molecule has 0 aliphatic carbocycles. The Balaban J connectivity index is 0.000000712. The summed E-state index contributed by atoms with van der Waals surface area (Å²) in [6.07, 6.45) is 0. The van der Waals surface area contributed by atoms with E-state index in [-0.39, 0.29) is 0 Å². The number of benzene rings is 5. The lowest BCUT2D eigenvalue weighted by Crippen LogP contribution is -2.68. The molecule has 0 unspecified atom stereocenters. The predicted molar refractivity (Wildman–Crippen MR) is 173 cm³/mol. The summed E-state index contributed by atoms with van der Waals surface area (Å²) < 4.78 is 35.3. The normalized spacial score (nSPS) is 11.5. The smallest absolute Gasteiger partial charge is 0.222 e. The van der Waals surface area contributed by atoms with Crippen molar-refractivity contribution in [1.29, 1.82) is 0 Å². The molecule has 0 bridgehead atoms. The fraction of sp³-hybridized carbons (Fsp3) is 0.0571. The van der Waals surface area contributed by atoms with Gasteiger partial charge < -0.3 is 0 Å². The second-order valence-electron chi connectivity index (χ2n) is 9.83. The minimum atomic E-state index is -4.94. The Kier molecular flexibility index (Phi) is 10.6. The first kappa shape index (κ1) is 32.0. The highest BCUT2D eigenvalue weighted by Crippen LogP contribution is 2.57. The van der Waals surface area contributed by atoms with Crippen LogP contribution in [0.5, 0.6) is 0 Å². The van der Waals surface area contributed by atoms with Crippen LogP contribution in [-0.2, 0) is 5.75 Å². The first-order chi connectivity index (χ1) is 21.2. The summed E-state index contributed by atoms with van der Waals surface area (Å²) in [5.74, 6) is 0.905. The lowest BCUT2D eigenvalue weighted by Gasteiger charge is -2.26. The van der Waals surface area contributed by atoms with E-state index in [1.807, 2.05) is 23.1 Å². The third-order valence-corrected chi connectivity index (χ3v) is 13.8. The van der Waals surface area contributed by atoms with E-state index in [2.05, 4.69) is 153 Å². The van der Waals surface area contributed by atoms with E-state index in [1.54, 1.807) is 0 Å². The van der Waals surface area contributed by atoms with E-state index in [9.17, 15) is 0 Å². The summed E-state index contributed by atoms with van der Waals surface area (Å²) in [4.78, 5) is 5.57. The van der Waals surface area contributed by atoms with Crippen molar-refractivity contribution in [1.82, 2.24) is 4.98 Å². The number of aryl methyl sites for hydroxylation is 1. The molecule has 0 aliphatic rings. The summed E-state index contributed by atoms with van der Waals surface area (Å²) in [6.45, 7) is 2.13. The van der Waals surface area contributed by atoms with Gasteiger partial charge in [0.05, 0.1) is 0 Å². The van der Waals surface area contributed by atoms with Crippen LogP contribution >= 0.6 is 30.4 Å². The van der Waals surface area contributed by atoms with Gasteiger partial charge in [0.1, 0.15) is 25.1 Å². The number of halogens is 1. The van der Waals surface area contributed by atoms with Crippen molar-refractivity contribution >= 4 is 51.7 Å². The van der Waals surface area contributed by atoms with Gasteiger partial charge in [-0.2, -0.15) is 4.98 Å². The van der Waals surface area contributed by atoms with Crippen molar-refractivity contribution in [2.45, 2.75) is 16.9 Å². The van der Waals surface area contributed by atoms with Crippen molar-refractivity contribution in [3.05, 3.63) is 157 Å². The maximum absolute atomic E-state index is 8.49. The Labute approximate surface area is 268 Å². The number of thioether (sulfide) groups is 1. The van der Waals surface area contributed by atoms with Crippen molar-refractivity contribution in [2.24, 2.45) is 0 Å². The molecule has 0 atom stereocenters. The Morgan fingerprint density at radius 2 is 1.02 bits per heavy atom. The molecule has 6 aromatic rings. The van der Waals surface area contributed by atoms with Crippen molar-refractivity contribution in [2.75, 3.05) is 0 Å². The lowest BCUT2D eigenvalue weighted by atomic mass is 10.2. The molecule has 0 spiro atoms. The van der Waals surface area contributed by atoms with E-state index in [0.717, 1.165) is 10.8 Å². The monoisotopic (exact) mass is 657 g/mol. The largest absolute Gasteiger partial charge is 0.223 e. The minimum Gasteiger partial charge on any atom is -0.222 e. The van der Waals surface area contributed by atoms with Crippen LogP contribution in [0.1, 0.15) is 11.1 Å². The average molecular weight is 658 g/mol. The lowest BCUT2D eigenvalue weighted by molar-refractivity contribution is -2.00. The van der Waals surface area contributed by atoms with Crippen LogP contribution in [0.3, 0.4) is 0 Å². The zero-order valence-electron chi connectivity index (χ0n) is 23.8. The van der Waals surface area contributed by atoms with E-state index >= 15 is 0 Å². The molecule has 5 aromatic carbocycles. The molecular formula is C35H29ClNO4PS2. The van der Waals surface area contributed by atoms with E-state index in [4.69, 9.17) is 23.6 Å². The molecular weight excluding hydrogens is 629 g/mol. The molecule has 0 saturated heterocycles. The Morgan fingerprint density at radius 3 is 1.45 bits per heavy atom. The summed E-state index contributed by atoms with van der Waals surface area (Å²) in [5.41, 5.74) is 4.95. The highest BCUT2D eigenvalue weighted by atomic mass is 35.7. The Morgan fingerprint density at radius 1 is 0.614 bits per heavy atom. The van der Waals surface area contributed by atoms with Crippen molar-refractivity contribution < 1.29 is 28.9 Å². The summed E-state index contributed by atoms with van der Waals surface area (Å²) in [5, 5.41) is 5.05. The number of rotatable bonds is 8. The molecule has 1 aromatic heterocycles. The fourth-order valence-corrected chi connectivity index (χ4v) is 12.2. The van der Waals surface area contributed by atoms with Gasteiger partial charge in [0, 0.05) is 11.3 Å². The molecule has 0 fully saturated rings. The maximum Gasteiger partial charge on any atom is 0.223 e. The molecule has 1 heterocycles. The first-order valence-corrected chi connectivity index (χ1v) is 18.5. The number of nitrogens with zero attached hydrogens (tertiary/aromatic N) is 1.